The Bertz CT molecular complexity index is 1580. The Morgan fingerprint density at radius 2 is 1.97 bits per heavy atom. The maximum Gasteiger partial charge on any atom is 0.259 e. The molecule has 11 heteroatoms. The highest BCUT2D eigenvalue weighted by atomic mass is 35.5. The Morgan fingerprint density at radius 1 is 1.06 bits per heavy atom. The minimum atomic E-state index is 0.157. The zero-order valence-electron chi connectivity index (χ0n) is 19.4. The average molecular weight is 506 g/mol. The number of fused-ring (bicyclic) bond motifs is 2. The predicted molar refractivity (Wildman–Crippen MR) is 130 cm³/mol. The van der Waals surface area contributed by atoms with Gasteiger partial charge in [-0.1, -0.05) is 16.8 Å². The number of pyridine rings is 1. The van der Waals surface area contributed by atoms with Gasteiger partial charge in [-0.25, -0.2) is 9.67 Å². The van der Waals surface area contributed by atoms with Crippen LogP contribution in [0.25, 0.3) is 22.5 Å². The Morgan fingerprint density at radius 3 is 2.83 bits per heavy atom. The topological polar surface area (TPSA) is 107 Å². The van der Waals surface area contributed by atoms with Crippen LogP contribution in [0, 0.1) is 0 Å². The van der Waals surface area contributed by atoms with E-state index in [2.05, 4.69) is 20.2 Å². The molecule has 0 unspecified atom stereocenters. The summed E-state index contributed by atoms with van der Waals surface area (Å²) in [7, 11) is 3.25. The molecule has 182 valence electrons. The van der Waals surface area contributed by atoms with Crippen molar-refractivity contribution in [3.05, 3.63) is 70.8 Å². The molecule has 2 aromatic carbocycles. The Hall–Kier alpha value is -4.31. The number of hydrogen-bond donors (Lipinski definition) is 0. The second-order valence-electron chi connectivity index (χ2n) is 8.12. The normalized spacial score (nSPS) is 12.3. The first-order chi connectivity index (χ1) is 17.6. The number of ether oxygens (including phenoxy) is 4. The Balaban J connectivity index is 1.23. The Labute approximate surface area is 210 Å². The van der Waals surface area contributed by atoms with E-state index >= 15 is 0 Å². The van der Waals surface area contributed by atoms with Gasteiger partial charge in [-0.15, -0.1) is 0 Å². The largest absolute Gasteiger partial charge is 0.497 e. The quantitative estimate of drug-likeness (QED) is 0.315. The third kappa shape index (κ3) is 4.05. The van der Waals surface area contributed by atoms with Gasteiger partial charge in [0, 0.05) is 29.6 Å². The highest BCUT2D eigenvalue weighted by molar-refractivity contribution is 6.32. The minimum Gasteiger partial charge on any atom is -0.497 e. The van der Waals surface area contributed by atoms with Gasteiger partial charge in [0.15, 0.2) is 23.0 Å². The molecule has 0 amide bonds. The second kappa shape index (κ2) is 9.04. The molecule has 0 spiro atoms. The van der Waals surface area contributed by atoms with E-state index in [-0.39, 0.29) is 6.79 Å². The molecule has 3 aromatic heterocycles. The maximum absolute atomic E-state index is 6.28. The molecule has 1 aliphatic rings. The summed E-state index contributed by atoms with van der Waals surface area (Å²) in [6.45, 7) is 0.649. The summed E-state index contributed by atoms with van der Waals surface area (Å²) in [4.78, 5) is 9.14. The number of aromatic nitrogens is 5. The van der Waals surface area contributed by atoms with E-state index in [0.29, 0.717) is 46.8 Å². The van der Waals surface area contributed by atoms with Crippen molar-refractivity contribution in [1.82, 2.24) is 24.9 Å². The molecule has 0 saturated heterocycles. The van der Waals surface area contributed by atoms with Crippen molar-refractivity contribution in [2.24, 2.45) is 0 Å². The van der Waals surface area contributed by atoms with Gasteiger partial charge in [-0.3, -0.25) is 0 Å². The molecule has 5 aromatic rings. The Kier molecular flexibility index (Phi) is 5.57. The summed E-state index contributed by atoms with van der Waals surface area (Å²) >= 11 is 6.28. The number of halogens is 1. The lowest BCUT2D eigenvalue weighted by Crippen LogP contribution is -2.04. The van der Waals surface area contributed by atoms with E-state index in [1.165, 1.54) is 0 Å². The van der Waals surface area contributed by atoms with Crippen LogP contribution in [-0.4, -0.2) is 45.9 Å². The highest BCUT2D eigenvalue weighted by Crippen LogP contribution is 2.40. The molecule has 0 radical (unpaired) electrons. The average Bonchev–Trinajstić information content (AvgIpc) is 3.64. The molecule has 4 heterocycles. The maximum atomic E-state index is 6.28. The fourth-order valence-corrected chi connectivity index (χ4v) is 4.38. The fraction of sp³-hybridized carbons (Fsp3) is 0.200. The van der Waals surface area contributed by atoms with Crippen molar-refractivity contribution in [2.75, 3.05) is 21.0 Å². The van der Waals surface area contributed by atoms with E-state index in [1.807, 2.05) is 41.1 Å². The number of nitrogens with zero attached hydrogens (tertiary/aromatic N) is 5. The summed E-state index contributed by atoms with van der Waals surface area (Å²) < 4.78 is 28.9. The van der Waals surface area contributed by atoms with Gasteiger partial charge in [0.1, 0.15) is 11.5 Å². The summed E-state index contributed by atoms with van der Waals surface area (Å²) in [5, 5.41) is 9.96. The van der Waals surface area contributed by atoms with Crippen molar-refractivity contribution in [1.29, 1.82) is 0 Å². The number of benzene rings is 2. The second-order valence-corrected chi connectivity index (χ2v) is 8.53. The molecule has 0 fully saturated rings. The molecular weight excluding hydrogens is 486 g/mol. The van der Waals surface area contributed by atoms with Crippen molar-refractivity contribution in [3.63, 3.8) is 0 Å². The van der Waals surface area contributed by atoms with E-state index in [0.717, 1.165) is 33.7 Å². The van der Waals surface area contributed by atoms with Crippen LogP contribution in [0.4, 0.5) is 0 Å². The zero-order valence-corrected chi connectivity index (χ0v) is 20.2. The van der Waals surface area contributed by atoms with Crippen LogP contribution < -0.4 is 18.9 Å². The minimum absolute atomic E-state index is 0.157. The van der Waals surface area contributed by atoms with Gasteiger partial charge in [-0.2, -0.15) is 10.1 Å². The van der Waals surface area contributed by atoms with Crippen LogP contribution in [0.3, 0.4) is 0 Å². The van der Waals surface area contributed by atoms with Crippen molar-refractivity contribution in [2.45, 2.75) is 13.0 Å². The summed E-state index contributed by atoms with van der Waals surface area (Å²) in [6, 6.07) is 11.3. The van der Waals surface area contributed by atoms with Crippen LogP contribution in [0.2, 0.25) is 5.02 Å². The zero-order chi connectivity index (χ0) is 24.6. The molecule has 10 nitrogen and oxygen atoms in total. The SMILES string of the molecule is COc1ccc(Cn2ncc3cc(-c4nc(Cc5cc(Cl)c6c(c5)OCO6)no4)cnc32)c(OC)c1. The molecule has 0 atom stereocenters. The summed E-state index contributed by atoms with van der Waals surface area (Å²) in [5.41, 5.74) is 3.28. The first-order valence-electron chi connectivity index (χ1n) is 11.0. The lowest BCUT2D eigenvalue weighted by molar-refractivity contribution is 0.174. The van der Waals surface area contributed by atoms with Gasteiger partial charge in [0.25, 0.3) is 5.89 Å². The van der Waals surface area contributed by atoms with Crippen LogP contribution >= 0.6 is 11.6 Å². The van der Waals surface area contributed by atoms with Crippen molar-refractivity contribution in [3.8, 4) is 34.5 Å². The van der Waals surface area contributed by atoms with Gasteiger partial charge in [0.2, 0.25) is 6.79 Å². The van der Waals surface area contributed by atoms with Crippen LogP contribution in [0.1, 0.15) is 17.0 Å². The molecule has 6 rings (SSSR count). The van der Waals surface area contributed by atoms with E-state index in [9.17, 15) is 0 Å². The lowest BCUT2D eigenvalue weighted by Gasteiger charge is -2.11. The van der Waals surface area contributed by atoms with Crippen LogP contribution in [0.5, 0.6) is 23.0 Å². The summed E-state index contributed by atoms with van der Waals surface area (Å²) in [5.74, 6) is 3.50. The van der Waals surface area contributed by atoms with Crippen LogP contribution in [-0.2, 0) is 13.0 Å². The molecular formula is C25H20ClN5O5. The van der Waals surface area contributed by atoms with E-state index in [4.69, 9.17) is 35.1 Å². The predicted octanol–water partition coefficient (Wildman–Crippen LogP) is 4.52. The fourth-order valence-electron chi connectivity index (χ4n) is 4.10. The van der Waals surface area contributed by atoms with Gasteiger partial charge in [-0.05, 0) is 35.9 Å². The van der Waals surface area contributed by atoms with E-state index < -0.39 is 0 Å². The van der Waals surface area contributed by atoms with Crippen molar-refractivity contribution >= 4 is 22.6 Å². The van der Waals surface area contributed by atoms with E-state index in [1.54, 1.807) is 26.6 Å². The number of methoxy groups -OCH3 is 2. The first kappa shape index (κ1) is 22.2. The smallest absolute Gasteiger partial charge is 0.259 e. The monoisotopic (exact) mass is 505 g/mol. The van der Waals surface area contributed by atoms with Gasteiger partial charge >= 0.3 is 0 Å². The third-order valence-corrected chi connectivity index (χ3v) is 6.14. The standard InChI is InChI=1S/C25H20ClN5O5/c1-32-18-4-3-15(20(9-18)33-2)12-31-24-16(11-28-31)8-17(10-27-24)25-29-22(30-36-25)7-14-5-19(26)23-21(6-14)34-13-35-23/h3-6,8-11H,7,12-13H2,1-2H3. The number of hydrogen-bond acceptors (Lipinski definition) is 9. The summed E-state index contributed by atoms with van der Waals surface area (Å²) in [6.07, 6.45) is 3.88. The molecule has 1 aliphatic heterocycles. The number of rotatable bonds is 7. The lowest BCUT2D eigenvalue weighted by atomic mass is 10.1. The molecule has 0 bridgehead atoms. The van der Waals surface area contributed by atoms with Crippen LogP contribution in [0.15, 0.2) is 53.3 Å². The van der Waals surface area contributed by atoms with Gasteiger partial charge < -0.3 is 23.5 Å². The molecule has 36 heavy (non-hydrogen) atoms. The molecule has 0 N–H and O–H groups in total. The van der Waals surface area contributed by atoms with Crippen molar-refractivity contribution < 1.29 is 23.5 Å². The molecule has 0 aliphatic carbocycles. The van der Waals surface area contributed by atoms with Gasteiger partial charge in [0.05, 0.1) is 37.5 Å². The third-order valence-electron chi connectivity index (χ3n) is 5.85. The highest BCUT2D eigenvalue weighted by Gasteiger charge is 2.20. The molecule has 0 saturated carbocycles. The first-order valence-corrected chi connectivity index (χ1v) is 11.4.